The number of fused-ring (bicyclic) bond motifs is 1. The van der Waals surface area contributed by atoms with Crippen molar-refractivity contribution in [2.24, 2.45) is 0 Å². The van der Waals surface area contributed by atoms with Gasteiger partial charge in [-0.1, -0.05) is 0 Å². The number of oxazole rings is 1. The maximum Gasteiger partial charge on any atom is 0.245 e. The Kier molecular flexibility index (Phi) is 5.39. The third-order valence-corrected chi connectivity index (χ3v) is 5.45. The van der Waals surface area contributed by atoms with Crippen LogP contribution in [0.2, 0.25) is 0 Å². The Morgan fingerprint density at radius 2 is 2.13 bits per heavy atom. The molecule has 0 radical (unpaired) electrons. The Hall–Kier alpha value is -3.43. The van der Waals surface area contributed by atoms with Gasteiger partial charge in [-0.2, -0.15) is 9.61 Å². The summed E-state index contributed by atoms with van der Waals surface area (Å²) in [6.07, 6.45) is 9.81. The summed E-state index contributed by atoms with van der Waals surface area (Å²) in [5.41, 5.74) is 9.35. The minimum Gasteiger partial charge on any atom is -0.443 e. The zero-order valence-electron chi connectivity index (χ0n) is 17.8. The first-order valence-corrected chi connectivity index (χ1v) is 10.1. The van der Waals surface area contributed by atoms with E-state index in [1.165, 1.54) is 6.26 Å². The molecule has 10 nitrogen and oxygen atoms in total. The fourth-order valence-electron chi connectivity index (χ4n) is 3.47. The van der Waals surface area contributed by atoms with E-state index in [0.29, 0.717) is 23.3 Å². The van der Waals surface area contributed by atoms with Gasteiger partial charge in [0.2, 0.25) is 11.8 Å². The highest BCUT2D eigenvalue weighted by molar-refractivity contribution is 5.65. The van der Waals surface area contributed by atoms with Gasteiger partial charge in [-0.05, 0) is 33.6 Å². The number of nitrogens with zero attached hydrogens (tertiary/aromatic N) is 8. The van der Waals surface area contributed by atoms with Crippen molar-refractivity contribution in [3.8, 4) is 11.6 Å². The molecule has 158 valence electrons. The monoisotopic (exact) mass is 409 g/mol. The van der Waals surface area contributed by atoms with Crippen molar-refractivity contribution in [2.45, 2.75) is 52.6 Å². The largest absolute Gasteiger partial charge is 0.443 e. The van der Waals surface area contributed by atoms with Crippen molar-refractivity contribution in [3.63, 3.8) is 0 Å². The van der Waals surface area contributed by atoms with E-state index in [1.807, 2.05) is 17.8 Å². The minimum atomic E-state index is 0.267. The number of anilines is 2. The number of hydrogen-bond donors (Lipinski definition) is 1. The maximum atomic E-state index is 6.11. The van der Waals surface area contributed by atoms with Crippen molar-refractivity contribution in [3.05, 3.63) is 36.2 Å². The van der Waals surface area contributed by atoms with Crippen LogP contribution in [0.25, 0.3) is 17.2 Å². The number of aromatic nitrogens is 7. The second kappa shape index (κ2) is 8.13. The average molecular weight is 409 g/mol. The molecule has 0 saturated heterocycles. The van der Waals surface area contributed by atoms with Gasteiger partial charge in [0, 0.05) is 37.8 Å². The van der Waals surface area contributed by atoms with E-state index in [4.69, 9.17) is 15.1 Å². The van der Waals surface area contributed by atoms with Crippen LogP contribution in [0.15, 0.2) is 29.3 Å². The van der Waals surface area contributed by atoms with Crippen LogP contribution in [0.5, 0.6) is 0 Å². The minimum absolute atomic E-state index is 0.267. The lowest BCUT2D eigenvalue weighted by Crippen LogP contribution is -2.28. The van der Waals surface area contributed by atoms with Gasteiger partial charge in [-0.15, -0.1) is 5.10 Å². The van der Waals surface area contributed by atoms with Gasteiger partial charge < -0.3 is 15.1 Å². The quantitative estimate of drug-likeness (QED) is 0.472. The summed E-state index contributed by atoms with van der Waals surface area (Å²) in [4.78, 5) is 15.5. The lowest BCUT2D eigenvalue weighted by atomic mass is 10.1. The van der Waals surface area contributed by atoms with Crippen LogP contribution in [-0.4, -0.2) is 47.4 Å². The topological polar surface area (TPSA) is 116 Å². The number of aryl methyl sites for hydroxylation is 3. The second-order valence-corrected chi connectivity index (χ2v) is 7.45. The highest BCUT2D eigenvalue weighted by Gasteiger charge is 2.18. The molecule has 4 aromatic heterocycles. The molecule has 4 aromatic rings. The van der Waals surface area contributed by atoms with Gasteiger partial charge in [0.05, 0.1) is 18.1 Å². The van der Waals surface area contributed by atoms with E-state index < -0.39 is 0 Å². The summed E-state index contributed by atoms with van der Waals surface area (Å²) in [6.45, 7) is 7.10. The van der Waals surface area contributed by atoms with Crippen molar-refractivity contribution in [1.29, 1.82) is 0 Å². The number of hydrogen-bond acceptors (Lipinski definition) is 8. The van der Waals surface area contributed by atoms with Gasteiger partial charge in [0.15, 0.2) is 11.5 Å². The lowest BCUT2D eigenvalue weighted by Gasteiger charge is -2.25. The Morgan fingerprint density at radius 1 is 1.30 bits per heavy atom. The Balaban J connectivity index is 1.44. The molecular weight excluding hydrogens is 382 g/mol. The summed E-state index contributed by atoms with van der Waals surface area (Å²) in [5, 5.41) is 8.91. The number of nitrogen functional groups attached to an aromatic ring is 1. The molecule has 0 amide bonds. The zero-order valence-corrected chi connectivity index (χ0v) is 17.8. The summed E-state index contributed by atoms with van der Waals surface area (Å²) in [7, 11) is 2.10. The Bertz CT molecular complexity index is 1130. The smallest absolute Gasteiger partial charge is 0.245 e. The fourth-order valence-corrected chi connectivity index (χ4v) is 3.47. The molecule has 0 spiro atoms. The van der Waals surface area contributed by atoms with Crippen molar-refractivity contribution in [1.82, 2.24) is 34.3 Å². The van der Waals surface area contributed by atoms with Crippen molar-refractivity contribution in [2.75, 3.05) is 17.7 Å². The molecule has 1 atom stereocenters. The molecule has 0 aromatic carbocycles. The standard InChI is InChI=1S/C20H27N9O/c1-5-28-12-15(11-23-28)27(4)13(2)7-6-8-16-24-18-14(3)17(19-22-9-10-30-19)25-20(21)29(18)26-16/h9-13H,5-8H2,1-4H3,(H2,21,25)/t13-/m0/s1. The van der Waals surface area contributed by atoms with Crippen LogP contribution in [-0.2, 0) is 13.0 Å². The molecule has 10 heteroatoms. The van der Waals surface area contributed by atoms with Crippen LogP contribution in [0.1, 0.15) is 38.1 Å². The highest BCUT2D eigenvalue weighted by atomic mass is 16.3. The van der Waals surface area contributed by atoms with Gasteiger partial charge in [0.25, 0.3) is 0 Å². The predicted molar refractivity (Wildman–Crippen MR) is 114 cm³/mol. The highest BCUT2D eigenvalue weighted by Crippen LogP contribution is 2.24. The third kappa shape index (κ3) is 3.72. The first kappa shape index (κ1) is 19.9. The Labute approximate surface area is 174 Å². The average Bonchev–Trinajstić information content (AvgIpc) is 3.50. The first-order chi connectivity index (χ1) is 14.5. The number of rotatable bonds is 8. The molecule has 0 bridgehead atoms. The van der Waals surface area contributed by atoms with E-state index in [0.717, 1.165) is 42.9 Å². The van der Waals surface area contributed by atoms with Crippen LogP contribution < -0.4 is 10.6 Å². The molecule has 30 heavy (non-hydrogen) atoms. The molecule has 2 N–H and O–H groups in total. The SMILES string of the molecule is CCn1cc(N(C)[C@@H](C)CCCc2nc3c(C)c(-c4ncco4)nc(N)n3n2)cn1. The molecule has 4 rings (SSSR count). The number of nitrogens with two attached hydrogens (primary N) is 1. The van der Waals surface area contributed by atoms with E-state index in [1.54, 1.807) is 10.7 Å². The predicted octanol–water partition coefficient (Wildman–Crippen LogP) is 2.73. The van der Waals surface area contributed by atoms with E-state index >= 15 is 0 Å². The molecule has 0 saturated carbocycles. The normalized spacial score (nSPS) is 12.5. The van der Waals surface area contributed by atoms with E-state index in [9.17, 15) is 0 Å². The van der Waals surface area contributed by atoms with Gasteiger partial charge in [-0.3, -0.25) is 4.68 Å². The third-order valence-electron chi connectivity index (χ3n) is 5.45. The molecule has 0 fully saturated rings. The van der Waals surface area contributed by atoms with Crippen LogP contribution in [0, 0.1) is 6.92 Å². The molecule has 0 aliphatic heterocycles. The summed E-state index contributed by atoms with van der Waals surface area (Å²) in [5.74, 6) is 1.45. The van der Waals surface area contributed by atoms with Crippen LogP contribution in [0.3, 0.4) is 0 Å². The van der Waals surface area contributed by atoms with E-state index in [-0.39, 0.29) is 5.95 Å². The van der Waals surface area contributed by atoms with Gasteiger partial charge >= 0.3 is 0 Å². The van der Waals surface area contributed by atoms with E-state index in [2.05, 4.69) is 52.2 Å². The lowest BCUT2D eigenvalue weighted by molar-refractivity contribution is 0.571. The zero-order chi connectivity index (χ0) is 21.3. The molecule has 0 unspecified atom stereocenters. The summed E-state index contributed by atoms with van der Waals surface area (Å²) < 4.78 is 8.90. The van der Waals surface area contributed by atoms with Crippen molar-refractivity contribution >= 4 is 17.3 Å². The Morgan fingerprint density at radius 3 is 2.83 bits per heavy atom. The van der Waals surface area contributed by atoms with Gasteiger partial charge in [0.1, 0.15) is 12.0 Å². The van der Waals surface area contributed by atoms with Crippen LogP contribution in [0.4, 0.5) is 11.6 Å². The second-order valence-electron chi connectivity index (χ2n) is 7.45. The molecule has 0 aliphatic rings. The van der Waals surface area contributed by atoms with Crippen molar-refractivity contribution < 1.29 is 4.42 Å². The van der Waals surface area contributed by atoms with Crippen LogP contribution >= 0.6 is 0 Å². The molecule has 0 aliphatic carbocycles. The maximum absolute atomic E-state index is 6.11. The molecular formula is C20H27N9O. The fraction of sp³-hybridized carbons (Fsp3) is 0.450. The summed E-state index contributed by atoms with van der Waals surface area (Å²) >= 11 is 0. The summed E-state index contributed by atoms with van der Waals surface area (Å²) in [6, 6.07) is 0.377. The molecule has 4 heterocycles. The van der Waals surface area contributed by atoms with Gasteiger partial charge in [-0.25, -0.2) is 15.0 Å². The first-order valence-electron chi connectivity index (χ1n) is 10.1.